The number of pyridine rings is 1. The molecule has 0 saturated heterocycles. The third-order valence-electron chi connectivity index (χ3n) is 3.60. The van der Waals surface area contributed by atoms with Crippen molar-refractivity contribution in [1.82, 2.24) is 14.8 Å². The van der Waals surface area contributed by atoms with Crippen LogP contribution in [0.2, 0.25) is 0 Å². The number of hydrogen-bond acceptors (Lipinski definition) is 3. The van der Waals surface area contributed by atoms with E-state index in [0.29, 0.717) is 28.2 Å². The number of rotatable bonds is 3. The largest absolute Gasteiger partial charge is 0.497 e. The van der Waals surface area contributed by atoms with Gasteiger partial charge in [0.2, 0.25) is 0 Å². The summed E-state index contributed by atoms with van der Waals surface area (Å²) in [6, 6.07) is 8.61. The second-order valence-corrected chi connectivity index (χ2v) is 5.04. The molecule has 114 valence electrons. The van der Waals surface area contributed by atoms with Gasteiger partial charge in [0, 0.05) is 18.2 Å². The van der Waals surface area contributed by atoms with Crippen molar-refractivity contribution in [3.05, 3.63) is 41.6 Å². The van der Waals surface area contributed by atoms with Crippen molar-refractivity contribution in [1.29, 1.82) is 0 Å². The lowest BCUT2D eigenvalue weighted by Gasteiger charge is -2.08. The summed E-state index contributed by atoms with van der Waals surface area (Å²) in [7, 11) is 3.26. The summed E-state index contributed by atoms with van der Waals surface area (Å²) in [6.45, 7) is 1.71. The molecule has 0 aliphatic rings. The third kappa shape index (κ3) is 2.30. The quantitative estimate of drug-likeness (QED) is 0.737. The number of benzene rings is 1. The van der Waals surface area contributed by atoms with E-state index in [1.165, 1.54) is 10.7 Å². The molecule has 0 fully saturated rings. The maximum absolute atomic E-state index is 13.4. The molecular formula is C16H15F2N3O. The van der Waals surface area contributed by atoms with Gasteiger partial charge in [-0.2, -0.15) is 5.10 Å². The van der Waals surface area contributed by atoms with Gasteiger partial charge < -0.3 is 4.74 Å². The zero-order chi connectivity index (χ0) is 15.9. The summed E-state index contributed by atoms with van der Waals surface area (Å²) in [5, 5.41) is 4.62. The van der Waals surface area contributed by atoms with Crippen molar-refractivity contribution in [3.63, 3.8) is 0 Å². The van der Waals surface area contributed by atoms with E-state index in [2.05, 4.69) is 10.1 Å². The summed E-state index contributed by atoms with van der Waals surface area (Å²) >= 11 is 0. The second-order valence-electron chi connectivity index (χ2n) is 5.04. The topological polar surface area (TPSA) is 39.9 Å². The van der Waals surface area contributed by atoms with Gasteiger partial charge in [-0.3, -0.25) is 4.68 Å². The molecule has 0 aliphatic heterocycles. The number of aromatic nitrogens is 3. The second kappa shape index (κ2) is 5.36. The van der Waals surface area contributed by atoms with E-state index in [1.807, 2.05) is 6.07 Å². The molecule has 0 bridgehead atoms. The van der Waals surface area contributed by atoms with Crippen molar-refractivity contribution in [3.8, 4) is 17.0 Å². The van der Waals surface area contributed by atoms with E-state index in [-0.39, 0.29) is 5.56 Å². The number of alkyl halides is 2. The first kappa shape index (κ1) is 14.4. The maximum Gasteiger partial charge on any atom is 0.264 e. The lowest BCUT2D eigenvalue weighted by atomic mass is 10.1. The van der Waals surface area contributed by atoms with Crippen molar-refractivity contribution in [2.75, 3.05) is 7.11 Å². The Balaban J connectivity index is 2.28. The summed E-state index contributed by atoms with van der Waals surface area (Å²) < 4.78 is 33.6. The molecule has 0 atom stereocenters. The number of aryl methyl sites for hydroxylation is 2. The normalized spacial score (nSPS) is 11.4. The fourth-order valence-corrected chi connectivity index (χ4v) is 2.58. The monoisotopic (exact) mass is 303 g/mol. The van der Waals surface area contributed by atoms with Gasteiger partial charge in [-0.15, -0.1) is 0 Å². The van der Waals surface area contributed by atoms with Crippen molar-refractivity contribution in [2.24, 2.45) is 7.05 Å². The number of hydrogen-bond donors (Lipinski definition) is 0. The van der Waals surface area contributed by atoms with Gasteiger partial charge in [0.25, 0.3) is 6.43 Å². The van der Waals surface area contributed by atoms with Gasteiger partial charge in [-0.1, -0.05) is 12.1 Å². The molecule has 0 saturated carbocycles. The predicted molar refractivity (Wildman–Crippen MR) is 80.2 cm³/mol. The van der Waals surface area contributed by atoms with Gasteiger partial charge in [0.05, 0.1) is 23.9 Å². The Morgan fingerprint density at radius 1 is 1.23 bits per heavy atom. The number of halogens is 2. The number of fused-ring (bicyclic) bond motifs is 1. The molecule has 3 rings (SSSR count). The van der Waals surface area contributed by atoms with Crippen LogP contribution in [-0.2, 0) is 7.05 Å². The van der Waals surface area contributed by atoms with Crippen LogP contribution in [0, 0.1) is 6.92 Å². The zero-order valence-corrected chi connectivity index (χ0v) is 12.5. The number of methoxy groups -OCH3 is 1. The lowest BCUT2D eigenvalue weighted by Crippen LogP contribution is -1.96. The van der Waals surface area contributed by atoms with Crippen LogP contribution >= 0.6 is 0 Å². The van der Waals surface area contributed by atoms with Crippen LogP contribution in [0.5, 0.6) is 5.75 Å². The van der Waals surface area contributed by atoms with E-state index in [9.17, 15) is 8.78 Å². The molecule has 0 N–H and O–H groups in total. The highest BCUT2D eigenvalue weighted by Gasteiger charge is 2.20. The maximum atomic E-state index is 13.4. The summed E-state index contributed by atoms with van der Waals surface area (Å²) in [5.41, 5.74) is 2.16. The predicted octanol–water partition coefficient (Wildman–Crippen LogP) is 3.89. The fraction of sp³-hybridized carbons (Fsp3) is 0.250. The summed E-state index contributed by atoms with van der Waals surface area (Å²) in [5.74, 6) is 0.652. The molecule has 22 heavy (non-hydrogen) atoms. The van der Waals surface area contributed by atoms with E-state index in [4.69, 9.17) is 4.74 Å². The summed E-state index contributed by atoms with van der Waals surface area (Å²) in [4.78, 5) is 4.50. The van der Waals surface area contributed by atoms with Crippen LogP contribution in [0.1, 0.15) is 17.7 Å². The number of ether oxygens (including phenoxy) is 1. The Morgan fingerprint density at radius 2 is 2.00 bits per heavy atom. The highest BCUT2D eigenvalue weighted by molar-refractivity contribution is 5.85. The Hall–Kier alpha value is -2.50. The van der Waals surface area contributed by atoms with Gasteiger partial charge in [0.15, 0.2) is 5.65 Å². The Bertz CT molecular complexity index is 843. The van der Waals surface area contributed by atoms with Crippen LogP contribution in [0.15, 0.2) is 30.3 Å². The van der Waals surface area contributed by atoms with Gasteiger partial charge >= 0.3 is 0 Å². The van der Waals surface area contributed by atoms with Crippen molar-refractivity contribution < 1.29 is 13.5 Å². The van der Waals surface area contributed by atoms with E-state index in [1.54, 1.807) is 39.3 Å². The Labute approximate surface area is 126 Å². The van der Waals surface area contributed by atoms with E-state index < -0.39 is 6.43 Å². The highest BCUT2D eigenvalue weighted by Crippen LogP contribution is 2.33. The van der Waals surface area contributed by atoms with Crippen LogP contribution in [0.3, 0.4) is 0 Å². The molecule has 6 heteroatoms. The first-order valence-electron chi connectivity index (χ1n) is 6.78. The molecule has 0 amide bonds. The molecule has 0 aliphatic carbocycles. The minimum absolute atomic E-state index is 0.0478. The average Bonchev–Trinajstić information content (AvgIpc) is 2.81. The average molecular weight is 303 g/mol. The minimum atomic E-state index is -2.59. The van der Waals surface area contributed by atoms with E-state index >= 15 is 0 Å². The molecule has 1 aromatic carbocycles. The summed E-state index contributed by atoms with van der Waals surface area (Å²) in [6.07, 6.45) is -2.59. The highest BCUT2D eigenvalue weighted by atomic mass is 19.3. The van der Waals surface area contributed by atoms with E-state index in [0.717, 1.165) is 5.56 Å². The van der Waals surface area contributed by atoms with Crippen molar-refractivity contribution >= 4 is 11.0 Å². The van der Waals surface area contributed by atoms with Gasteiger partial charge in [-0.25, -0.2) is 13.8 Å². The minimum Gasteiger partial charge on any atom is -0.497 e. The lowest BCUT2D eigenvalue weighted by molar-refractivity contribution is 0.153. The molecule has 0 spiro atoms. The Morgan fingerprint density at radius 3 is 2.68 bits per heavy atom. The molecule has 0 unspecified atom stereocenters. The standard InChI is InChI=1S/C16H15F2N3O/c1-9-14-12(15(17)18)8-13(19-16(14)21(2)20-9)10-5-4-6-11(7-10)22-3/h4-8,15H,1-3H3. The van der Waals surface area contributed by atoms with Crippen LogP contribution in [0.4, 0.5) is 8.78 Å². The third-order valence-corrected chi connectivity index (χ3v) is 3.60. The van der Waals surface area contributed by atoms with Crippen LogP contribution < -0.4 is 4.74 Å². The molecule has 2 heterocycles. The van der Waals surface area contributed by atoms with Crippen molar-refractivity contribution in [2.45, 2.75) is 13.3 Å². The fourth-order valence-electron chi connectivity index (χ4n) is 2.58. The first-order valence-corrected chi connectivity index (χ1v) is 6.78. The van der Waals surface area contributed by atoms with Gasteiger partial charge in [0.1, 0.15) is 5.75 Å². The molecule has 0 radical (unpaired) electrons. The number of nitrogens with zero attached hydrogens (tertiary/aromatic N) is 3. The smallest absolute Gasteiger partial charge is 0.264 e. The molecule has 4 nitrogen and oxygen atoms in total. The van der Waals surface area contributed by atoms with Crippen LogP contribution in [0.25, 0.3) is 22.3 Å². The molecule has 2 aromatic heterocycles. The molecule has 3 aromatic rings. The zero-order valence-electron chi connectivity index (χ0n) is 12.5. The first-order chi connectivity index (χ1) is 10.5. The SMILES string of the molecule is COc1cccc(-c2cc(C(F)F)c3c(C)nn(C)c3n2)c1. The molecular weight excluding hydrogens is 288 g/mol. The van der Waals surface area contributed by atoms with Crippen LogP contribution in [-0.4, -0.2) is 21.9 Å². The Kier molecular flexibility index (Phi) is 3.52. The van der Waals surface area contributed by atoms with Gasteiger partial charge in [-0.05, 0) is 25.1 Å².